The van der Waals surface area contributed by atoms with Gasteiger partial charge in [-0.1, -0.05) is 12.1 Å². The number of carbonyl (C=O) groups is 1. The van der Waals surface area contributed by atoms with Crippen LogP contribution in [-0.4, -0.2) is 30.0 Å². The Bertz CT molecular complexity index is 480. The van der Waals surface area contributed by atoms with E-state index in [0.717, 1.165) is 30.7 Å². The number of carbonyl (C=O) groups excluding carboxylic acids is 1. The van der Waals surface area contributed by atoms with E-state index >= 15 is 0 Å². The molecule has 0 aliphatic carbocycles. The number of hydrogen-bond acceptors (Lipinski definition) is 3. The molecule has 1 aromatic rings. The molecule has 1 fully saturated rings. The third-order valence-corrected chi connectivity index (χ3v) is 3.66. The molecule has 1 unspecified atom stereocenters. The fourth-order valence-corrected chi connectivity index (χ4v) is 2.75. The SMILES string of the molecule is COc1cccc(C2CCCN2C(=O)CC(C)(C)N)c1. The van der Waals surface area contributed by atoms with E-state index in [-0.39, 0.29) is 11.9 Å². The first kappa shape index (κ1) is 14.9. The lowest BCUT2D eigenvalue weighted by atomic mass is 10.00. The van der Waals surface area contributed by atoms with Gasteiger partial charge in [0.1, 0.15) is 5.75 Å². The third-order valence-electron chi connectivity index (χ3n) is 3.66. The molecule has 4 nitrogen and oxygen atoms in total. The van der Waals surface area contributed by atoms with Gasteiger partial charge in [0.15, 0.2) is 0 Å². The minimum atomic E-state index is -0.460. The Morgan fingerprint density at radius 1 is 1.50 bits per heavy atom. The highest BCUT2D eigenvalue weighted by Gasteiger charge is 2.32. The quantitative estimate of drug-likeness (QED) is 0.919. The number of nitrogens with two attached hydrogens (primary N) is 1. The maximum atomic E-state index is 12.4. The third kappa shape index (κ3) is 3.51. The van der Waals surface area contributed by atoms with Crippen molar-refractivity contribution >= 4 is 5.91 Å². The highest BCUT2D eigenvalue weighted by Crippen LogP contribution is 2.34. The standard InChI is InChI=1S/C16H24N2O2/c1-16(2,17)11-15(19)18-9-5-8-14(18)12-6-4-7-13(10-12)20-3/h4,6-7,10,14H,5,8-9,11,17H2,1-3H3. The van der Waals surface area contributed by atoms with Gasteiger partial charge in [0.25, 0.3) is 0 Å². The summed E-state index contributed by atoms with van der Waals surface area (Å²) in [5, 5.41) is 0. The highest BCUT2D eigenvalue weighted by molar-refractivity contribution is 5.78. The summed E-state index contributed by atoms with van der Waals surface area (Å²) in [4.78, 5) is 14.4. The number of nitrogens with zero attached hydrogens (tertiary/aromatic N) is 1. The zero-order valence-corrected chi connectivity index (χ0v) is 12.6. The summed E-state index contributed by atoms with van der Waals surface area (Å²) < 4.78 is 5.27. The average molecular weight is 276 g/mol. The second-order valence-corrected chi connectivity index (χ2v) is 6.19. The zero-order valence-electron chi connectivity index (χ0n) is 12.6. The van der Waals surface area contributed by atoms with E-state index in [1.54, 1.807) is 7.11 Å². The molecule has 1 heterocycles. The van der Waals surface area contributed by atoms with E-state index < -0.39 is 5.54 Å². The second kappa shape index (κ2) is 5.83. The first-order chi connectivity index (χ1) is 9.40. The summed E-state index contributed by atoms with van der Waals surface area (Å²) >= 11 is 0. The van der Waals surface area contributed by atoms with Crippen molar-refractivity contribution in [2.75, 3.05) is 13.7 Å². The topological polar surface area (TPSA) is 55.6 Å². The smallest absolute Gasteiger partial charge is 0.224 e. The van der Waals surface area contributed by atoms with Crippen molar-refractivity contribution in [2.45, 2.75) is 44.7 Å². The normalized spacial score (nSPS) is 19.2. The van der Waals surface area contributed by atoms with Gasteiger partial charge in [0.05, 0.1) is 13.2 Å². The summed E-state index contributed by atoms with van der Waals surface area (Å²) in [6.07, 6.45) is 2.43. The molecule has 110 valence electrons. The molecule has 4 heteroatoms. The van der Waals surface area contributed by atoms with Crippen LogP contribution in [0.25, 0.3) is 0 Å². The predicted octanol–water partition coefficient (Wildman–Crippen LogP) is 2.49. The summed E-state index contributed by atoms with van der Waals surface area (Å²) in [6.45, 7) is 4.60. The van der Waals surface area contributed by atoms with Crippen LogP contribution in [0.5, 0.6) is 5.75 Å². The maximum Gasteiger partial charge on any atom is 0.224 e. The van der Waals surface area contributed by atoms with Crippen molar-refractivity contribution in [1.29, 1.82) is 0 Å². The number of hydrogen-bond donors (Lipinski definition) is 1. The Morgan fingerprint density at radius 2 is 2.25 bits per heavy atom. The lowest BCUT2D eigenvalue weighted by Gasteiger charge is -2.28. The molecule has 2 N–H and O–H groups in total. The Balaban J connectivity index is 2.16. The van der Waals surface area contributed by atoms with Crippen LogP contribution < -0.4 is 10.5 Å². The summed E-state index contributed by atoms with van der Waals surface area (Å²) in [6, 6.07) is 8.13. The molecule has 2 rings (SSSR count). The van der Waals surface area contributed by atoms with Crippen molar-refractivity contribution in [3.63, 3.8) is 0 Å². The fourth-order valence-electron chi connectivity index (χ4n) is 2.75. The van der Waals surface area contributed by atoms with Crippen molar-refractivity contribution in [2.24, 2.45) is 5.73 Å². The van der Waals surface area contributed by atoms with E-state index in [0.29, 0.717) is 6.42 Å². The lowest BCUT2D eigenvalue weighted by Crippen LogP contribution is -2.41. The van der Waals surface area contributed by atoms with Gasteiger partial charge in [-0.15, -0.1) is 0 Å². The minimum Gasteiger partial charge on any atom is -0.497 e. The molecule has 1 aliphatic rings. The molecule has 1 aromatic carbocycles. The zero-order chi connectivity index (χ0) is 14.8. The van der Waals surface area contributed by atoms with Crippen molar-refractivity contribution in [3.8, 4) is 5.75 Å². The largest absolute Gasteiger partial charge is 0.497 e. The number of benzene rings is 1. The number of methoxy groups -OCH3 is 1. The molecule has 0 aromatic heterocycles. The molecule has 1 amide bonds. The van der Waals surface area contributed by atoms with Gasteiger partial charge < -0.3 is 15.4 Å². The molecule has 0 radical (unpaired) electrons. The molecule has 1 saturated heterocycles. The minimum absolute atomic E-state index is 0.141. The van der Waals surface area contributed by atoms with E-state index in [4.69, 9.17) is 10.5 Å². The highest BCUT2D eigenvalue weighted by atomic mass is 16.5. The van der Waals surface area contributed by atoms with Crippen LogP contribution in [0.2, 0.25) is 0 Å². The Labute approximate surface area is 120 Å². The van der Waals surface area contributed by atoms with Gasteiger partial charge in [0.2, 0.25) is 5.91 Å². The number of ether oxygens (including phenoxy) is 1. The van der Waals surface area contributed by atoms with Crippen LogP contribution >= 0.6 is 0 Å². The molecule has 1 aliphatic heterocycles. The van der Waals surface area contributed by atoms with Gasteiger partial charge in [-0.2, -0.15) is 0 Å². The number of likely N-dealkylation sites (tertiary alicyclic amines) is 1. The molecule has 0 saturated carbocycles. The van der Waals surface area contributed by atoms with Crippen LogP contribution in [-0.2, 0) is 4.79 Å². The van der Waals surface area contributed by atoms with E-state index in [2.05, 4.69) is 6.07 Å². The monoisotopic (exact) mass is 276 g/mol. The Hall–Kier alpha value is -1.55. The molecule has 1 atom stereocenters. The van der Waals surface area contributed by atoms with E-state index in [9.17, 15) is 4.79 Å². The van der Waals surface area contributed by atoms with Gasteiger partial charge >= 0.3 is 0 Å². The first-order valence-electron chi connectivity index (χ1n) is 7.13. The molecule has 0 bridgehead atoms. The predicted molar refractivity (Wildman–Crippen MR) is 79.6 cm³/mol. The molecular formula is C16H24N2O2. The molecule has 20 heavy (non-hydrogen) atoms. The van der Waals surface area contributed by atoms with Crippen molar-refractivity contribution < 1.29 is 9.53 Å². The summed E-state index contributed by atoms with van der Waals surface area (Å²) in [5.74, 6) is 0.976. The van der Waals surface area contributed by atoms with E-state index in [1.807, 2.05) is 36.9 Å². The van der Waals surface area contributed by atoms with Gasteiger partial charge in [0, 0.05) is 18.5 Å². The van der Waals surface area contributed by atoms with Gasteiger partial charge in [-0.25, -0.2) is 0 Å². The number of amides is 1. The number of rotatable bonds is 4. The van der Waals surface area contributed by atoms with Gasteiger partial charge in [-0.05, 0) is 44.4 Å². The van der Waals surface area contributed by atoms with Crippen molar-refractivity contribution in [3.05, 3.63) is 29.8 Å². The Kier molecular flexibility index (Phi) is 4.33. The Morgan fingerprint density at radius 3 is 2.90 bits per heavy atom. The van der Waals surface area contributed by atoms with Gasteiger partial charge in [-0.3, -0.25) is 4.79 Å². The van der Waals surface area contributed by atoms with Crippen molar-refractivity contribution in [1.82, 2.24) is 4.90 Å². The maximum absolute atomic E-state index is 12.4. The molecular weight excluding hydrogens is 252 g/mol. The van der Waals surface area contributed by atoms with Crippen LogP contribution in [0.4, 0.5) is 0 Å². The average Bonchev–Trinajstić information content (AvgIpc) is 2.86. The first-order valence-corrected chi connectivity index (χ1v) is 7.13. The van der Waals surface area contributed by atoms with Crippen LogP contribution in [0.15, 0.2) is 24.3 Å². The summed E-state index contributed by atoms with van der Waals surface area (Å²) in [5.41, 5.74) is 6.65. The lowest BCUT2D eigenvalue weighted by molar-refractivity contribution is -0.133. The van der Waals surface area contributed by atoms with Crippen LogP contribution in [0.3, 0.4) is 0 Å². The van der Waals surface area contributed by atoms with Crippen LogP contribution in [0.1, 0.15) is 44.7 Å². The van der Waals surface area contributed by atoms with E-state index in [1.165, 1.54) is 0 Å². The summed E-state index contributed by atoms with van der Waals surface area (Å²) in [7, 11) is 1.66. The molecule has 0 spiro atoms. The fraction of sp³-hybridized carbons (Fsp3) is 0.562. The second-order valence-electron chi connectivity index (χ2n) is 6.19. The van der Waals surface area contributed by atoms with Crippen LogP contribution in [0, 0.1) is 0 Å².